The van der Waals surface area contributed by atoms with Crippen molar-refractivity contribution in [2.45, 2.75) is 20.0 Å². The molecule has 0 aliphatic rings. The van der Waals surface area contributed by atoms with E-state index in [0.29, 0.717) is 10.9 Å². The third kappa shape index (κ3) is 4.16. The molecule has 0 radical (unpaired) electrons. The van der Waals surface area contributed by atoms with E-state index in [1.807, 2.05) is 31.2 Å². The second-order valence-electron chi connectivity index (χ2n) is 7.29. The minimum absolute atomic E-state index is 0.0258. The number of amides is 1. The molecule has 0 atom stereocenters. The second-order valence-corrected chi connectivity index (χ2v) is 7.29. The average molecular weight is 417 g/mol. The number of halogens is 1. The van der Waals surface area contributed by atoms with Crippen LogP contribution < -0.4 is 16.6 Å². The molecular formula is C24H20FN3O3. The van der Waals surface area contributed by atoms with Gasteiger partial charge in [-0.2, -0.15) is 0 Å². The third-order valence-electron chi connectivity index (χ3n) is 5.04. The molecular weight excluding hydrogens is 397 g/mol. The quantitative estimate of drug-likeness (QED) is 0.542. The van der Waals surface area contributed by atoms with Crippen LogP contribution in [0, 0.1) is 12.7 Å². The van der Waals surface area contributed by atoms with E-state index in [1.165, 1.54) is 22.8 Å². The Morgan fingerprint density at radius 1 is 0.903 bits per heavy atom. The first kappa shape index (κ1) is 20.3. The van der Waals surface area contributed by atoms with Gasteiger partial charge in [0.05, 0.1) is 23.1 Å². The SMILES string of the molecule is Cc1ccc(Cn2c(=O)c3ccccc3n(CC(=O)Nc3ccccc3F)c2=O)cc1. The van der Waals surface area contributed by atoms with Crippen molar-refractivity contribution in [2.24, 2.45) is 0 Å². The molecule has 156 valence electrons. The molecule has 4 rings (SSSR count). The lowest BCUT2D eigenvalue weighted by atomic mass is 10.1. The molecule has 1 amide bonds. The van der Waals surface area contributed by atoms with E-state index in [0.717, 1.165) is 15.7 Å². The third-order valence-corrected chi connectivity index (χ3v) is 5.04. The minimum Gasteiger partial charge on any atom is -0.322 e. The van der Waals surface area contributed by atoms with E-state index in [4.69, 9.17) is 0 Å². The van der Waals surface area contributed by atoms with Crippen molar-refractivity contribution in [1.82, 2.24) is 9.13 Å². The summed E-state index contributed by atoms with van der Waals surface area (Å²) >= 11 is 0. The lowest BCUT2D eigenvalue weighted by Crippen LogP contribution is -2.42. The van der Waals surface area contributed by atoms with Crippen LogP contribution in [0.2, 0.25) is 0 Å². The van der Waals surface area contributed by atoms with Gasteiger partial charge in [0.2, 0.25) is 5.91 Å². The van der Waals surface area contributed by atoms with Crippen molar-refractivity contribution >= 4 is 22.5 Å². The molecule has 4 aromatic rings. The van der Waals surface area contributed by atoms with Gasteiger partial charge in [0.25, 0.3) is 5.56 Å². The topological polar surface area (TPSA) is 73.1 Å². The molecule has 0 saturated carbocycles. The van der Waals surface area contributed by atoms with Crippen LogP contribution in [0.1, 0.15) is 11.1 Å². The number of nitrogens with one attached hydrogen (secondary N) is 1. The van der Waals surface area contributed by atoms with Gasteiger partial charge in [-0.15, -0.1) is 0 Å². The van der Waals surface area contributed by atoms with Gasteiger partial charge in [0.1, 0.15) is 12.4 Å². The van der Waals surface area contributed by atoms with Crippen LogP contribution >= 0.6 is 0 Å². The Hall–Kier alpha value is -4.00. The fourth-order valence-electron chi connectivity index (χ4n) is 3.44. The summed E-state index contributed by atoms with van der Waals surface area (Å²) in [7, 11) is 0. The molecule has 0 saturated heterocycles. The predicted molar refractivity (Wildman–Crippen MR) is 118 cm³/mol. The maximum Gasteiger partial charge on any atom is 0.332 e. The van der Waals surface area contributed by atoms with Gasteiger partial charge < -0.3 is 5.32 Å². The zero-order valence-corrected chi connectivity index (χ0v) is 16.8. The second kappa shape index (κ2) is 8.39. The van der Waals surface area contributed by atoms with E-state index in [9.17, 15) is 18.8 Å². The van der Waals surface area contributed by atoms with E-state index in [1.54, 1.807) is 30.3 Å². The van der Waals surface area contributed by atoms with Crippen LogP contribution in [-0.2, 0) is 17.9 Å². The zero-order chi connectivity index (χ0) is 22.0. The summed E-state index contributed by atoms with van der Waals surface area (Å²) < 4.78 is 16.2. The first-order chi connectivity index (χ1) is 14.9. The van der Waals surface area contributed by atoms with Crippen LogP contribution in [-0.4, -0.2) is 15.0 Å². The van der Waals surface area contributed by atoms with Gasteiger partial charge in [-0.1, -0.05) is 54.1 Å². The Morgan fingerprint density at radius 2 is 1.58 bits per heavy atom. The highest BCUT2D eigenvalue weighted by Gasteiger charge is 2.16. The highest BCUT2D eigenvalue weighted by atomic mass is 19.1. The fourth-order valence-corrected chi connectivity index (χ4v) is 3.44. The number of carbonyl (C=O) groups excluding carboxylic acids is 1. The Balaban J connectivity index is 1.76. The Morgan fingerprint density at radius 3 is 2.32 bits per heavy atom. The van der Waals surface area contributed by atoms with Crippen LogP contribution in [0.25, 0.3) is 10.9 Å². The number of hydrogen-bond acceptors (Lipinski definition) is 3. The molecule has 0 fully saturated rings. The van der Waals surface area contributed by atoms with Crippen molar-refractivity contribution in [3.05, 3.63) is 111 Å². The van der Waals surface area contributed by atoms with E-state index in [-0.39, 0.29) is 18.8 Å². The number of anilines is 1. The Kier molecular flexibility index (Phi) is 5.49. The summed E-state index contributed by atoms with van der Waals surface area (Å²) in [5.74, 6) is -1.14. The molecule has 1 N–H and O–H groups in total. The molecule has 0 spiro atoms. The average Bonchev–Trinajstić information content (AvgIpc) is 2.77. The van der Waals surface area contributed by atoms with Crippen LogP contribution in [0.15, 0.2) is 82.4 Å². The number of para-hydroxylation sites is 2. The molecule has 6 nitrogen and oxygen atoms in total. The summed E-state index contributed by atoms with van der Waals surface area (Å²) in [5.41, 5.74) is 1.21. The van der Waals surface area contributed by atoms with Crippen molar-refractivity contribution < 1.29 is 9.18 Å². The molecule has 0 aliphatic carbocycles. The summed E-state index contributed by atoms with van der Waals surface area (Å²) in [6.45, 7) is 1.67. The molecule has 1 heterocycles. The largest absolute Gasteiger partial charge is 0.332 e. The van der Waals surface area contributed by atoms with Crippen LogP contribution in [0.3, 0.4) is 0 Å². The first-order valence-corrected chi connectivity index (χ1v) is 9.76. The number of fused-ring (bicyclic) bond motifs is 1. The van der Waals surface area contributed by atoms with Gasteiger partial charge in [-0.3, -0.25) is 18.7 Å². The highest BCUT2D eigenvalue weighted by molar-refractivity contribution is 5.91. The van der Waals surface area contributed by atoms with Crippen molar-refractivity contribution in [3.63, 3.8) is 0 Å². The number of nitrogens with zero attached hydrogens (tertiary/aromatic N) is 2. The van der Waals surface area contributed by atoms with Gasteiger partial charge in [-0.05, 0) is 36.8 Å². The molecule has 0 bridgehead atoms. The minimum atomic E-state index is -0.604. The van der Waals surface area contributed by atoms with Gasteiger partial charge >= 0.3 is 5.69 Å². The monoisotopic (exact) mass is 417 g/mol. The molecule has 31 heavy (non-hydrogen) atoms. The molecule has 0 aliphatic heterocycles. The standard InChI is InChI=1S/C24H20FN3O3/c1-16-10-12-17(13-11-16)14-28-23(30)18-6-2-5-9-21(18)27(24(28)31)15-22(29)26-20-8-4-3-7-19(20)25/h2-13H,14-15H2,1H3,(H,26,29). The van der Waals surface area contributed by atoms with Gasteiger partial charge in [0, 0.05) is 0 Å². The maximum absolute atomic E-state index is 13.9. The first-order valence-electron chi connectivity index (χ1n) is 9.76. The summed E-state index contributed by atoms with van der Waals surface area (Å²) in [4.78, 5) is 38.8. The molecule has 7 heteroatoms. The van der Waals surface area contributed by atoms with Crippen LogP contribution in [0.5, 0.6) is 0 Å². The van der Waals surface area contributed by atoms with E-state index >= 15 is 0 Å². The molecule has 0 unspecified atom stereocenters. The maximum atomic E-state index is 13.9. The predicted octanol–water partition coefficient (Wildman–Crippen LogP) is 3.30. The number of aromatic nitrogens is 2. The van der Waals surface area contributed by atoms with Crippen LogP contribution in [0.4, 0.5) is 10.1 Å². The lowest BCUT2D eigenvalue weighted by molar-refractivity contribution is -0.116. The van der Waals surface area contributed by atoms with Gasteiger partial charge in [0.15, 0.2) is 0 Å². The molecule has 1 aromatic heterocycles. The lowest BCUT2D eigenvalue weighted by Gasteiger charge is -2.14. The number of hydrogen-bond donors (Lipinski definition) is 1. The number of rotatable bonds is 5. The zero-order valence-electron chi connectivity index (χ0n) is 16.8. The Labute approximate surface area is 177 Å². The van der Waals surface area contributed by atoms with Crippen molar-refractivity contribution in [3.8, 4) is 0 Å². The van der Waals surface area contributed by atoms with Crippen molar-refractivity contribution in [2.75, 3.05) is 5.32 Å². The number of carbonyl (C=O) groups is 1. The highest BCUT2D eigenvalue weighted by Crippen LogP contribution is 2.13. The number of benzene rings is 3. The van der Waals surface area contributed by atoms with Crippen molar-refractivity contribution in [1.29, 1.82) is 0 Å². The van der Waals surface area contributed by atoms with Gasteiger partial charge in [-0.25, -0.2) is 9.18 Å². The smallest absolute Gasteiger partial charge is 0.322 e. The summed E-state index contributed by atoms with van der Waals surface area (Å²) in [6.07, 6.45) is 0. The number of aryl methyl sites for hydroxylation is 1. The summed E-state index contributed by atoms with van der Waals surface area (Å²) in [6, 6.07) is 19.9. The van der Waals surface area contributed by atoms with E-state index in [2.05, 4.69) is 5.32 Å². The Bertz CT molecular complexity index is 1390. The normalized spacial score (nSPS) is 10.9. The summed E-state index contributed by atoms with van der Waals surface area (Å²) in [5, 5.41) is 2.81. The molecule has 3 aromatic carbocycles. The fraction of sp³-hybridized carbons (Fsp3) is 0.125. The van der Waals surface area contributed by atoms with E-state index < -0.39 is 23.0 Å².